The van der Waals surface area contributed by atoms with E-state index >= 15 is 0 Å². The Balaban J connectivity index is 0.00000176. The van der Waals surface area contributed by atoms with Gasteiger partial charge in [-0.15, -0.1) is 12.4 Å². The molecular weight excluding hydrogens is 296 g/mol. The maximum atomic E-state index is 10.4. The van der Waals surface area contributed by atoms with Crippen LogP contribution >= 0.6 is 12.4 Å². The molecule has 22 heavy (non-hydrogen) atoms. The quantitative estimate of drug-likeness (QED) is 0.776. The predicted molar refractivity (Wildman–Crippen MR) is 93.6 cm³/mol. The van der Waals surface area contributed by atoms with Crippen LogP contribution in [0.15, 0.2) is 60.8 Å². The van der Waals surface area contributed by atoms with Gasteiger partial charge in [0.2, 0.25) is 0 Å². The highest BCUT2D eigenvalue weighted by molar-refractivity contribution is 5.85. The number of aromatic nitrogens is 1. The number of hydrogen-bond acceptors (Lipinski definition) is 2. The number of rotatable bonds is 4. The molecule has 3 nitrogen and oxygen atoms in total. The van der Waals surface area contributed by atoms with Gasteiger partial charge in [0.25, 0.3) is 0 Å². The van der Waals surface area contributed by atoms with Gasteiger partial charge in [-0.25, -0.2) is 0 Å². The Bertz CT molecular complexity index is 739. The molecule has 0 saturated heterocycles. The summed E-state index contributed by atoms with van der Waals surface area (Å²) in [5, 5.41) is 11.7. The van der Waals surface area contributed by atoms with Gasteiger partial charge in [0.05, 0.1) is 12.1 Å². The van der Waals surface area contributed by atoms with E-state index in [4.69, 9.17) is 5.73 Å². The van der Waals surface area contributed by atoms with E-state index in [0.717, 1.165) is 11.1 Å². The van der Waals surface area contributed by atoms with Crippen LogP contribution in [0.2, 0.25) is 0 Å². The third kappa shape index (κ3) is 2.88. The number of aryl methyl sites for hydroxylation is 1. The van der Waals surface area contributed by atoms with Gasteiger partial charge in [0.15, 0.2) is 0 Å². The van der Waals surface area contributed by atoms with Gasteiger partial charge >= 0.3 is 0 Å². The van der Waals surface area contributed by atoms with Gasteiger partial charge in [-0.05, 0) is 24.1 Å². The molecule has 3 rings (SSSR count). The van der Waals surface area contributed by atoms with Crippen molar-refractivity contribution in [2.24, 2.45) is 5.73 Å². The normalized spacial score (nSPS) is 13.6. The van der Waals surface area contributed by atoms with Gasteiger partial charge in [-0.3, -0.25) is 0 Å². The number of aliphatic hydroxyl groups is 1. The molecule has 0 saturated carbocycles. The van der Waals surface area contributed by atoms with Crippen LogP contribution in [-0.4, -0.2) is 22.3 Å². The number of nitrogens with zero attached hydrogens (tertiary/aromatic N) is 1. The smallest absolute Gasteiger partial charge is 0.0910 e. The maximum absolute atomic E-state index is 10.4. The van der Waals surface area contributed by atoms with E-state index in [1.807, 2.05) is 42.5 Å². The lowest BCUT2D eigenvalue weighted by molar-refractivity contribution is 0.140. The minimum atomic E-state index is -0.623. The van der Waals surface area contributed by atoms with Crippen molar-refractivity contribution in [1.82, 2.24) is 4.57 Å². The summed E-state index contributed by atoms with van der Waals surface area (Å²) in [6, 6.07) is 18.1. The lowest BCUT2D eigenvalue weighted by atomic mass is 10.0. The van der Waals surface area contributed by atoms with Crippen molar-refractivity contribution in [2.75, 3.05) is 6.54 Å². The number of para-hydroxylation sites is 1. The third-order valence-corrected chi connectivity index (χ3v) is 3.99. The number of aliphatic hydroxyl groups excluding tert-OH is 1. The highest BCUT2D eigenvalue weighted by atomic mass is 35.5. The molecule has 0 unspecified atom stereocenters. The Hall–Kier alpha value is -1.81. The molecule has 116 valence electrons. The fourth-order valence-electron chi connectivity index (χ4n) is 2.96. The Morgan fingerprint density at radius 2 is 1.68 bits per heavy atom. The Morgan fingerprint density at radius 1 is 1.05 bits per heavy atom. The largest absolute Gasteiger partial charge is 0.389 e. The number of fused-ring (bicyclic) bond motifs is 1. The second kappa shape index (κ2) is 6.97. The second-order valence-corrected chi connectivity index (χ2v) is 5.40. The molecule has 2 atom stereocenters. The van der Waals surface area contributed by atoms with E-state index < -0.39 is 6.10 Å². The first-order valence-corrected chi connectivity index (χ1v) is 7.21. The Labute approximate surface area is 136 Å². The summed E-state index contributed by atoms with van der Waals surface area (Å²) >= 11 is 0. The summed E-state index contributed by atoms with van der Waals surface area (Å²) in [7, 11) is 0. The monoisotopic (exact) mass is 316 g/mol. The van der Waals surface area contributed by atoms with Crippen molar-refractivity contribution in [3.8, 4) is 0 Å². The molecule has 1 heterocycles. The van der Waals surface area contributed by atoms with E-state index in [0.29, 0.717) is 0 Å². The molecule has 4 heteroatoms. The van der Waals surface area contributed by atoms with Crippen molar-refractivity contribution in [2.45, 2.75) is 19.1 Å². The highest BCUT2D eigenvalue weighted by Crippen LogP contribution is 2.29. The molecular formula is C18H21ClN2O. The summed E-state index contributed by atoms with van der Waals surface area (Å²) in [6.45, 7) is 2.32. The van der Waals surface area contributed by atoms with Gasteiger partial charge < -0.3 is 15.4 Å². The summed E-state index contributed by atoms with van der Waals surface area (Å²) < 4.78 is 2.14. The van der Waals surface area contributed by atoms with E-state index in [9.17, 15) is 5.11 Å². The fraction of sp³-hybridized carbons (Fsp3) is 0.222. The lowest BCUT2D eigenvalue weighted by Gasteiger charge is -2.25. The van der Waals surface area contributed by atoms with Crippen molar-refractivity contribution in [3.05, 3.63) is 71.9 Å². The summed E-state index contributed by atoms with van der Waals surface area (Å²) in [5.74, 6) is 0. The zero-order chi connectivity index (χ0) is 14.8. The molecule has 0 aliphatic rings. The van der Waals surface area contributed by atoms with Crippen LogP contribution in [-0.2, 0) is 0 Å². The zero-order valence-corrected chi connectivity index (χ0v) is 13.3. The first kappa shape index (κ1) is 16.6. The summed E-state index contributed by atoms with van der Waals surface area (Å²) in [4.78, 5) is 0. The first-order valence-electron chi connectivity index (χ1n) is 7.21. The molecule has 0 fully saturated rings. The van der Waals surface area contributed by atoms with Crippen molar-refractivity contribution in [3.63, 3.8) is 0 Å². The molecule has 3 aromatic rings. The van der Waals surface area contributed by atoms with Crippen LogP contribution in [0, 0.1) is 6.92 Å². The molecule has 0 spiro atoms. The van der Waals surface area contributed by atoms with E-state index in [1.54, 1.807) is 0 Å². The zero-order valence-electron chi connectivity index (χ0n) is 12.5. The Kier molecular flexibility index (Phi) is 5.24. The van der Waals surface area contributed by atoms with Crippen molar-refractivity contribution < 1.29 is 5.11 Å². The van der Waals surface area contributed by atoms with Crippen LogP contribution < -0.4 is 5.73 Å². The lowest BCUT2D eigenvalue weighted by Crippen LogP contribution is -2.31. The van der Waals surface area contributed by atoms with Crippen molar-refractivity contribution in [1.29, 1.82) is 0 Å². The minimum absolute atomic E-state index is 0. The topological polar surface area (TPSA) is 51.2 Å². The maximum Gasteiger partial charge on any atom is 0.0910 e. The molecule has 0 aliphatic heterocycles. The summed E-state index contributed by atoms with van der Waals surface area (Å²) in [6.07, 6.45) is 1.48. The Morgan fingerprint density at radius 3 is 2.36 bits per heavy atom. The van der Waals surface area contributed by atoms with Gasteiger partial charge in [0, 0.05) is 23.6 Å². The standard InChI is InChI=1S/C18H20N2O.ClH/c1-13-12-20(16-10-6-5-9-15(13)16)18(17(21)11-19)14-7-3-2-4-8-14;/h2-10,12,17-18,21H,11,19H2,1H3;1H/t17-,18+;/m1./s1. The predicted octanol–water partition coefficient (Wildman–Crippen LogP) is 3.28. The van der Waals surface area contributed by atoms with Crippen LogP contribution in [0.25, 0.3) is 10.9 Å². The van der Waals surface area contributed by atoms with Crippen LogP contribution in [0.3, 0.4) is 0 Å². The molecule has 3 N–H and O–H groups in total. The number of benzene rings is 2. The van der Waals surface area contributed by atoms with E-state index in [1.165, 1.54) is 10.9 Å². The average molecular weight is 317 g/mol. The average Bonchev–Trinajstić information content (AvgIpc) is 2.86. The summed E-state index contributed by atoms with van der Waals surface area (Å²) in [5.41, 5.74) is 9.13. The molecule has 0 amide bonds. The van der Waals surface area contributed by atoms with Crippen LogP contribution in [0.5, 0.6) is 0 Å². The number of nitrogens with two attached hydrogens (primary N) is 1. The molecule has 0 bridgehead atoms. The van der Waals surface area contributed by atoms with Crippen molar-refractivity contribution >= 4 is 23.3 Å². The highest BCUT2D eigenvalue weighted by Gasteiger charge is 2.23. The van der Waals surface area contributed by atoms with Gasteiger partial charge in [-0.2, -0.15) is 0 Å². The third-order valence-electron chi connectivity index (χ3n) is 3.99. The van der Waals surface area contributed by atoms with E-state index in [2.05, 4.69) is 29.8 Å². The molecule has 0 aliphatic carbocycles. The van der Waals surface area contributed by atoms with E-state index in [-0.39, 0.29) is 25.0 Å². The number of hydrogen-bond donors (Lipinski definition) is 2. The SMILES string of the molecule is Cc1cn([C@@H](c2ccccc2)[C@H](O)CN)c2ccccc12.Cl. The molecule has 2 aromatic carbocycles. The number of halogens is 1. The first-order chi connectivity index (χ1) is 10.2. The van der Waals surface area contributed by atoms with Crippen LogP contribution in [0.1, 0.15) is 17.2 Å². The fourth-order valence-corrected chi connectivity index (χ4v) is 2.96. The van der Waals surface area contributed by atoms with Gasteiger partial charge in [0.1, 0.15) is 0 Å². The minimum Gasteiger partial charge on any atom is -0.389 e. The molecule has 0 radical (unpaired) electrons. The van der Waals surface area contributed by atoms with Crippen LogP contribution in [0.4, 0.5) is 0 Å². The second-order valence-electron chi connectivity index (χ2n) is 5.40. The van der Waals surface area contributed by atoms with Gasteiger partial charge in [-0.1, -0.05) is 48.5 Å². The molecule has 1 aromatic heterocycles.